The highest BCUT2D eigenvalue weighted by Crippen LogP contribution is 2.02. The number of rotatable bonds is 2. The molecule has 0 amide bonds. The molecule has 2 nitrogen and oxygen atoms in total. The van der Waals surface area contributed by atoms with Crippen molar-refractivity contribution in [2.45, 2.75) is 13.3 Å². The molecular formula is C12H18N2. The van der Waals surface area contributed by atoms with Gasteiger partial charge in [-0.1, -0.05) is 36.4 Å². The molecule has 1 rings (SSSR count). The van der Waals surface area contributed by atoms with Gasteiger partial charge in [0.05, 0.1) is 0 Å². The number of benzene rings is 1. The van der Waals surface area contributed by atoms with Gasteiger partial charge >= 0.3 is 0 Å². The van der Waals surface area contributed by atoms with Crippen molar-refractivity contribution in [3.05, 3.63) is 48.2 Å². The highest BCUT2D eigenvalue weighted by molar-refractivity contribution is 5.61. The standard InChI is InChI=1S/C10H13N.C2H5N/c1-9-3-5-10(6-4-9)7-8-11-2;1-2-3/h3-6,8H,7H2,1-2H3;2H,1,3H2. The molecule has 2 N–H and O–H groups in total. The molecule has 0 aromatic heterocycles. The number of nitrogens with zero attached hydrogens (tertiary/aromatic N) is 1. The monoisotopic (exact) mass is 190 g/mol. The predicted molar refractivity (Wildman–Crippen MR) is 63.7 cm³/mol. The van der Waals surface area contributed by atoms with Gasteiger partial charge in [-0.25, -0.2) is 0 Å². The number of aryl methyl sites for hydroxylation is 1. The van der Waals surface area contributed by atoms with Crippen molar-refractivity contribution in [1.29, 1.82) is 0 Å². The highest BCUT2D eigenvalue weighted by Gasteiger charge is 1.87. The van der Waals surface area contributed by atoms with Crippen LogP contribution in [0.4, 0.5) is 0 Å². The van der Waals surface area contributed by atoms with E-state index in [-0.39, 0.29) is 0 Å². The summed E-state index contributed by atoms with van der Waals surface area (Å²) in [5.74, 6) is 0. The lowest BCUT2D eigenvalue weighted by Crippen LogP contribution is -1.85. The van der Waals surface area contributed by atoms with Crippen molar-refractivity contribution in [1.82, 2.24) is 0 Å². The van der Waals surface area contributed by atoms with Crippen LogP contribution in [0, 0.1) is 6.92 Å². The number of nitrogens with two attached hydrogens (primary N) is 1. The Bertz CT molecular complexity index is 273. The molecule has 0 heterocycles. The van der Waals surface area contributed by atoms with E-state index in [2.05, 4.69) is 48.5 Å². The Morgan fingerprint density at radius 3 is 2.29 bits per heavy atom. The van der Waals surface area contributed by atoms with Crippen LogP contribution in [-0.4, -0.2) is 13.3 Å². The Labute approximate surface area is 86.2 Å². The van der Waals surface area contributed by atoms with E-state index in [9.17, 15) is 0 Å². The summed E-state index contributed by atoms with van der Waals surface area (Å²) in [5.41, 5.74) is 7.24. The second-order valence-corrected chi connectivity index (χ2v) is 2.87. The summed E-state index contributed by atoms with van der Waals surface area (Å²) in [6.45, 7) is 5.23. The molecule has 0 saturated carbocycles. The van der Waals surface area contributed by atoms with E-state index in [1.54, 1.807) is 7.05 Å². The zero-order valence-electron chi connectivity index (χ0n) is 8.90. The maximum Gasteiger partial charge on any atom is 0.0273 e. The first kappa shape index (κ1) is 12.4. The molecule has 0 aliphatic rings. The van der Waals surface area contributed by atoms with Gasteiger partial charge in [-0.3, -0.25) is 0 Å². The normalized spacial score (nSPS) is 9.29. The van der Waals surface area contributed by atoms with Crippen LogP contribution in [0.25, 0.3) is 0 Å². The summed E-state index contributed by atoms with van der Waals surface area (Å²) in [5, 5.41) is 0. The maximum absolute atomic E-state index is 4.61. The van der Waals surface area contributed by atoms with Crippen molar-refractivity contribution >= 4 is 6.21 Å². The average molecular weight is 190 g/mol. The minimum Gasteiger partial charge on any atom is -0.405 e. The first-order valence-electron chi connectivity index (χ1n) is 4.53. The van der Waals surface area contributed by atoms with Crippen molar-refractivity contribution in [3.63, 3.8) is 0 Å². The largest absolute Gasteiger partial charge is 0.405 e. The van der Waals surface area contributed by atoms with Gasteiger partial charge in [0.2, 0.25) is 0 Å². The lowest BCUT2D eigenvalue weighted by Gasteiger charge is -1.95. The lowest BCUT2D eigenvalue weighted by molar-refractivity contribution is 1.30. The molecular weight excluding hydrogens is 172 g/mol. The first-order chi connectivity index (χ1) is 6.74. The smallest absolute Gasteiger partial charge is 0.0273 e. The first-order valence-corrected chi connectivity index (χ1v) is 4.53. The molecule has 0 bridgehead atoms. The summed E-state index contributed by atoms with van der Waals surface area (Å²) < 4.78 is 0. The van der Waals surface area contributed by atoms with Crippen molar-refractivity contribution in [2.75, 3.05) is 7.05 Å². The zero-order chi connectivity index (χ0) is 10.8. The summed E-state index contributed by atoms with van der Waals surface area (Å²) in [6.07, 6.45) is 4.11. The number of hydrogen-bond acceptors (Lipinski definition) is 2. The highest BCUT2D eigenvalue weighted by atomic mass is 14.6. The van der Waals surface area contributed by atoms with Crippen LogP contribution in [0.5, 0.6) is 0 Å². The molecule has 14 heavy (non-hydrogen) atoms. The summed E-state index contributed by atoms with van der Waals surface area (Å²) in [6, 6.07) is 8.52. The van der Waals surface area contributed by atoms with Crippen LogP contribution in [-0.2, 0) is 6.42 Å². The van der Waals surface area contributed by atoms with Crippen molar-refractivity contribution in [3.8, 4) is 0 Å². The molecule has 0 aliphatic carbocycles. The topological polar surface area (TPSA) is 38.4 Å². The van der Waals surface area contributed by atoms with Crippen LogP contribution in [0.3, 0.4) is 0 Å². The SMILES string of the molecule is C=CN.CN=CCc1ccc(C)cc1. The molecule has 0 saturated heterocycles. The fraction of sp³-hybridized carbons (Fsp3) is 0.250. The fourth-order valence-corrected chi connectivity index (χ4v) is 0.921. The van der Waals surface area contributed by atoms with Gasteiger partial charge in [0.1, 0.15) is 0 Å². The van der Waals surface area contributed by atoms with E-state index in [0.29, 0.717) is 0 Å². The molecule has 0 atom stereocenters. The Hall–Kier alpha value is -1.57. The van der Waals surface area contributed by atoms with E-state index < -0.39 is 0 Å². The van der Waals surface area contributed by atoms with E-state index in [0.717, 1.165) is 6.42 Å². The Morgan fingerprint density at radius 2 is 1.86 bits per heavy atom. The van der Waals surface area contributed by atoms with Crippen LogP contribution >= 0.6 is 0 Å². The zero-order valence-corrected chi connectivity index (χ0v) is 8.90. The van der Waals surface area contributed by atoms with E-state index >= 15 is 0 Å². The van der Waals surface area contributed by atoms with Crippen molar-refractivity contribution in [2.24, 2.45) is 10.7 Å². The van der Waals surface area contributed by atoms with Crippen LogP contribution in [0.2, 0.25) is 0 Å². The molecule has 1 aromatic rings. The molecule has 0 unspecified atom stereocenters. The van der Waals surface area contributed by atoms with Crippen LogP contribution < -0.4 is 5.73 Å². The minimum atomic E-state index is 0.941. The minimum absolute atomic E-state index is 0.941. The molecule has 0 fully saturated rings. The van der Waals surface area contributed by atoms with Crippen molar-refractivity contribution < 1.29 is 0 Å². The van der Waals surface area contributed by atoms with Gasteiger partial charge in [0, 0.05) is 19.7 Å². The van der Waals surface area contributed by atoms with E-state index in [4.69, 9.17) is 0 Å². The fourth-order valence-electron chi connectivity index (χ4n) is 0.921. The van der Waals surface area contributed by atoms with Gasteiger partial charge in [0.25, 0.3) is 0 Å². The predicted octanol–water partition coefficient (Wildman–Crippen LogP) is 2.33. The average Bonchev–Trinajstić information content (AvgIpc) is 2.18. The van der Waals surface area contributed by atoms with Gasteiger partial charge in [-0.15, -0.1) is 0 Å². The second-order valence-electron chi connectivity index (χ2n) is 2.87. The van der Waals surface area contributed by atoms with Crippen LogP contribution in [0.1, 0.15) is 11.1 Å². The number of aliphatic imine (C=N–C) groups is 1. The van der Waals surface area contributed by atoms with Gasteiger partial charge < -0.3 is 10.7 Å². The van der Waals surface area contributed by atoms with Gasteiger partial charge in [-0.05, 0) is 18.7 Å². The molecule has 76 valence electrons. The summed E-state index contributed by atoms with van der Waals surface area (Å²) >= 11 is 0. The Morgan fingerprint density at radius 1 is 1.36 bits per heavy atom. The maximum atomic E-state index is 4.61. The third-order valence-electron chi connectivity index (χ3n) is 1.63. The molecule has 0 aliphatic heterocycles. The molecule has 1 aromatic carbocycles. The Balaban J connectivity index is 0.000000500. The van der Waals surface area contributed by atoms with Crippen LogP contribution in [0.15, 0.2) is 42.0 Å². The quantitative estimate of drug-likeness (QED) is 0.714. The third-order valence-corrected chi connectivity index (χ3v) is 1.63. The molecule has 0 radical (unpaired) electrons. The lowest BCUT2D eigenvalue weighted by atomic mass is 10.1. The summed E-state index contributed by atoms with van der Waals surface area (Å²) in [4.78, 5) is 3.93. The summed E-state index contributed by atoms with van der Waals surface area (Å²) in [7, 11) is 1.80. The van der Waals surface area contributed by atoms with Gasteiger partial charge in [0.15, 0.2) is 0 Å². The molecule has 2 heteroatoms. The third kappa shape index (κ3) is 6.00. The van der Waals surface area contributed by atoms with E-state index in [1.165, 1.54) is 17.3 Å². The van der Waals surface area contributed by atoms with E-state index in [1.807, 2.05) is 6.21 Å². The second kappa shape index (κ2) is 8.05. The number of hydrogen-bond donors (Lipinski definition) is 1. The van der Waals surface area contributed by atoms with Gasteiger partial charge in [-0.2, -0.15) is 0 Å². The molecule has 0 spiro atoms. The Kier molecular flexibility index (Phi) is 7.15.